The summed E-state index contributed by atoms with van der Waals surface area (Å²) in [5.74, 6) is 3.85. The van der Waals surface area contributed by atoms with Crippen LogP contribution in [0.2, 0.25) is 0 Å². The highest BCUT2D eigenvalue weighted by molar-refractivity contribution is 8.06. The van der Waals surface area contributed by atoms with Crippen LogP contribution in [0.25, 0.3) is 0 Å². The maximum Gasteiger partial charge on any atom is 0.0636 e. The van der Waals surface area contributed by atoms with E-state index in [4.69, 9.17) is 5.11 Å². The summed E-state index contributed by atoms with van der Waals surface area (Å²) in [7, 11) is 0. The fourth-order valence-electron chi connectivity index (χ4n) is 1.11. The molecule has 0 amide bonds. The van der Waals surface area contributed by atoms with Gasteiger partial charge in [-0.25, -0.2) is 0 Å². The molecule has 0 aromatic rings. The highest BCUT2D eigenvalue weighted by atomic mass is 32.2. The third-order valence-corrected chi connectivity index (χ3v) is 4.54. The predicted octanol–water partition coefficient (Wildman–Crippen LogP) is 0.805. The van der Waals surface area contributed by atoms with Crippen LogP contribution >= 0.6 is 23.5 Å². The summed E-state index contributed by atoms with van der Waals surface area (Å²) in [6.07, 6.45) is -0.216. The predicted molar refractivity (Wildman–Crippen MR) is 58.1 cm³/mol. The van der Waals surface area contributed by atoms with Gasteiger partial charge in [0.05, 0.1) is 6.10 Å². The Morgan fingerprint density at radius 3 is 3.00 bits per heavy atom. The van der Waals surface area contributed by atoms with Gasteiger partial charge >= 0.3 is 0 Å². The zero-order valence-corrected chi connectivity index (χ0v) is 9.09. The van der Waals surface area contributed by atoms with Crippen molar-refractivity contribution in [1.29, 1.82) is 0 Å². The lowest BCUT2D eigenvalue weighted by atomic mass is 10.4. The normalized spacial score (nSPS) is 27.0. The van der Waals surface area contributed by atoms with Gasteiger partial charge in [0, 0.05) is 35.6 Å². The smallest absolute Gasteiger partial charge is 0.0636 e. The van der Waals surface area contributed by atoms with Gasteiger partial charge < -0.3 is 10.4 Å². The van der Waals surface area contributed by atoms with Crippen LogP contribution in [-0.2, 0) is 0 Å². The Kier molecular flexibility index (Phi) is 5.47. The quantitative estimate of drug-likeness (QED) is 0.714. The third kappa shape index (κ3) is 4.60. The Morgan fingerprint density at radius 2 is 2.42 bits per heavy atom. The van der Waals surface area contributed by atoms with Gasteiger partial charge in [-0.2, -0.15) is 23.5 Å². The van der Waals surface area contributed by atoms with Gasteiger partial charge in [-0.05, 0) is 6.92 Å². The molecule has 0 bridgehead atoms. The van der Waals surface area contributed by atoms with Crippen LogP contribution in [-0.4, -0.2) is 46.8 Å². The van der Waals surface area contributed by atoms with Crippen molar-refractivity contribution >= 4 is 23.5 Å². The first-order chi connectivity index (χ1) is 5.79. The Hall–Kier alpha value is 0.620. The molecular weight excluding hydrogens is 190 g/mol. The molecule has 1 aliphatic rings. The summed E-state index contributed by atoms with van der Waals surface area (Å²) in [6, 6.07) is 0. The minimum absolute atomic E-state index is 0.216. The lowest BCUT2D eigenvalue weighted by Gasteiger charge is -2.21. The topological polar surface area (TPSA) is 32.3 Å². The van der Waals surface area contributed by atoms with Crippen LogP contribution in [0.15, 0.2) is 0 Å². The monoisotopic (exact) mass is 207 g/mol. The Morgan fingerprint density at radius 1 is 1.58 bits per heavy atom. The van der Waals surface area contributed by atoms with Gasteiger partial charge in [0.25, 0.3) is 0 Å². The zero-order chi connectivity index (χ0) is 8.81. The molecule has 1 aliphatic heterocycles. The summed E-state index contributed by atoms with van der Waals surface area (Å²) in [4.78, 5) is 0. The number of aliphatic hydroxyl groups excluding tert-OH is 1. The number of hydrogen-bond donors (Lipinski definition) is 2. The van der Waals surface area contributed by atoms with Gasteiger partial charge in [-0.15, -0.1) is 0 Å². The standard InChI is InChI=1S/C8H17NOS2/c1-7(10)4-9-5-8-6-11-2-3-12-8/h7-10H,2-6H2,1H3/t7-,8?/m0/s1. The molecule has 1 rings (SSSR count). The number of hydrogen-bond acceptors (Lipinski definition) is 4. The van der Waals surface area contributed by atoms with E-state index >= 15 is 0 Å². The van der Waals surface area contributed by atoms with Gasteiger partial charge in [0.1, 0.15) is 0 Å². The average molecular weight is 207 g/mol. The molecule has 0 aliphatic carbocycles. The van der Waals surface area contributed by atoms with Crippen molar-refractivity contribution in [2.45, 2.75) is 18.3 Å². The molecule has 72 valence electrons. The Balaban J connectivity index is 1.98. The first kappa shape index (κ1) is 10.7. The van der Waals surface area contributed by atoms with Gasteiger partial charge in [-0.1, -0.05) is 0 Å². The van der Waals surface area contributed by atoms with E-state index in [-0.39, 0.29) is 6.10 Å². The van der Waals surface area contributed by atoms with Crippen molar-refractivity contribution < 1.29 is 5.11 Å². The van der Waals surface area contributed by atoms with E-state index in [9.17, 15) is 0 Å². The molecule has 1 saturated heterocycles. The van der Waals surface area contributed by atoms with Gasteiger partial charge in [0.2, 0.25) is 0 Å². The molecule has 0 saturated carbocycles. The van der Waals surface area contributed by atoms with Crippen molar-refractivity contribution in [3.8, 4) is 0 Å². The minimum atomic E-state index is -0.216. The second-order valence-corrected chi connectivity index (χ2v) is 5.63. The molecule has 0 aromatic heterocycles. The second kappa shape index (κ2) is 6.13. The van der Waals surface area contributed by atoms with E-state index in [2.05, 4.69) is 5.32 Å². The van der Waals surface area contributed by atoms with E-state index in [0.29, 0.717) is 0 Å². The SMILES string of the molecule is C[C@H](O)CNCC1CSCCS1. The zero-order valence-electron chi connectivity index (χ0n) is 7.45. The van der Waals surface area contributed by atoms with Crippen LogP contribution in [0.4, 0.5) is 0 Å². The van der Waals surface area contributed by atoms with Crippen LogP contribution in [0.3, 0.4) is 0 Å². The first-order valence-corrected chi connectivity index (χ1v) is 6.57. The van der Waals surface area contributed by atoms with E-state index in [1.54, 1.807) is 0 Å². The van der Waals surface area contributed by atoms with E-state index in [0.717, 1.165) is 18.3 Å². The fraction of sp³-hybridized carbons (Fsp3) is 1.00. The van der Waals surface area contributed by atoms with Gasteiger partial charge in [-0.3, -0.25) is 0 Å². The maximum absolute atomic E-state index is 9.01. The Labute approximate surface area is 82.9 Å². The average Bonchev–Trinajstić information content (AvgIpc) is 2.05. The van der Waals surface area contributed by atoms with Crippen molar-refractivity contribution in [3.05, 3.63) is 0 Å². The number of aliphatic hydroxyl groups is 1. The highest BCUT2D eigenvalue weighted by Gasteiger charge is 2.13. The van der Waals surface area contributed by atoms with Gasteiger partial charge in [0.15, 0.2) is 0 Å². The Bertz CT molecular complexity index is 116. The minimum Gasteiger partial charge on any atom is -0.392 e. The second-order valence-electron chi connectivity index (χ2n) is 3.07. The first-order valence-electron chi connectivity index (χ1n) is 4.37. The summed E-state index contributed by atoms with van der Waals surface area (Å²) in [6.45, 7) is 3.58. The summed E-state index contributed by atoms with van der Waals surface area (Å²) in [5, 5.41) is 13.0. The number of rotatable bonds is 4. The van der Waals surface area contributed by atoms with Crippen LogP contribution in [0.1, 0.15) is 6.92 Å². The lowest BCUT2D eigenvalue weighted by Crippen LogP contribution is -2.33. The van der Waals surface area contributed by atoms with E-state index in [1.165, 1.54) is 17.3 Å². The molecule has 1 unspecified atom stereocenters. The van der Waals surface area contributed by atoms with Crippen LogP contribution in [0.5, 0.6) is 0 Å². The number of thioether (sulfide) groups is 2. The molecule has 12 heavy (non-hydrogen) atoms. The van der Waals surface area contributed by atoms with E-state index < -0.39 is 0 Å². The highest BCUT2D eigenvalue weighted by Crippen LogP contribution is 2.23. The molecule has 2 N–H and O–H groups in total. The summed E-state index contributed by atoms with van der Waals surface area (Å²) >= 11 is 4.09. The van der Waals surface area contributed by atoms with Crippen LogP contribution in [0, 0.1) is 0 Å². The molecule has 0 radical (unpaired) electrons. The molecule has 2 nitrogen and oxygen atoms in total. The molecule has 0 spiro atoms. The summed E-state index contributed by atoms with van der Waals surface area (Å²) < 4.78 is 0. The fourth-order valence-corrected chi connectivity index (χ4v) is 3.75. The largest absolute Gasteiger partial charge is 0.392 e. The van der Waals surface area contributed by atoms with Crippen molar-refractivity contribution in [3.63, 3.8) is 0 Å². The van der Waals surface area contributed by atoms with Crippen LogP contribution < -0.4 is 5.32 Å². The van der Waals surface area contributed by atoms with E-state index in [1.807, 2.05) is 30.4 Å². The molecule has 2 atom stereocenters. The van der Waals surface area contributed by atoms with Crippen molar-refractivity contribution in [1.82, 2.24) is 5.32 Å². The molecule has 1 heterocycles. The lowest BCUT2D eigenvalue weighted by molar-refractivity contribution is 0.192. The third-order valence-electron chi connectivity index (χ3n) is 1.70. The maximum atomic E-state index is 9.01. The van der Waals surface area contributed by atoms with Crippen molar-refractivity contribution in [2.75, 3.05) is 30.3 Å². The molecule has 0 aromatic carbocycles. The van der Waals surface area contributed by atoms with Crippen molar-refractivity contribution in [2.24, 2.45) is 0 Å². The molecule has 1 fully saturated rings. The molecule has 4 heteroatoms. The summed E-state index contributed by atoms with van der Waals surface area (Å²) in [5.41, 5.74) is 0. The number of nitrogens with one attached hydrogen (secondary N) is 1. The molecular formula is C8H17NOS2.